The Morgan fingerprint density at radius 1 is 1.21 bits per heavy atom. The van der Waals surface area contributed by atoms with Crippen LogP contribution in [0.2, 0.25) is 0 Å². The molecule has 0 aromatic rings. The van der Waals surface area contributed by atoms with E-state index < -0.39 is 0 Å². The van der Waals surface area contributed by atoms with Gasteiger partial charge in [-0.05, 0) is 44.2 Å². The molecule has 1 aliphatic heterocycles. The molecule has 0 aliphatic carbocycles. The largest absolute Gasteiger partial charge is 0.378 e. The summed E-state index contributed by atoms with van der Waals surface area (Å²) in [5.41, 5.74) is 0.592. The molecule has 0 unspecified atom stereocenters. The van der Waals surface area contributed by atoms with E-state index in [4.69, 9.17) is 4.74 Å². The van der Waals surface area contributed by atoms with Crippen molar-refractivity contribution in [3.05, 3.63) is 0 Å². The maximum Gasteiger partial charge on any atom is 0.0703 e. The van der Waals surface area contributed by atoms with Gasteiger partial charge in [0.05, 0.1) is 5.60 Å². The summed E-state index contributed by atoms with van der Waals surface area (Å²) in [6.45, 7) is 9.13. The Labute approximate surface area is 88.4 Å². The molecule has 0 aromatic heterocycles. The van der Waals surface area contributed by atoms with E-state index in [1.807, 2.05) is 7.11 Å². The molecule has 0 saturated carbocycles. The van der Waals surface area contributed by atoms with Crippen LogP contribution in [-0.2, 0) is 4.74 Å². The van der Waals surface area contributed by atoms with Crippen LogP contribution in [0.4, 0.5) is 0 Å². The lowest BCUT2D eigenvalue weighted by atomic mass is 9.80. The van der Waals surface area contributed by atoms with E-state index in [1.54, 1.807) is 0 Å². The molecule has 0 spiro atoms. The third-order valence-electron chi connectivity index (χ3n) is 3.28. The first kappa shape index (κ1) is 12.0. The van der Waals surface area contributed by atoms with E-state index in [1.165, 1.54) is 25.7 Å². The molecule has 1 fully saturated rings. The van der Waals surface area contributed by atoms with E-state index in [0.717, 1.165) is 13.1 Å². The highest BCUT2D eigenvalue weighted by Crippen LogP contribution is 2.32. The minimum Gasteiger partial charge on any atom is -0.378 e. The van der Waals surface area contributed by atoms with Gasteiger partial charge in [0.15, 0.2) is 0 Å². The predicted octanol–water partition coefficient (Wildman–Crippen LogP) is 2.58. The summed E-state index contributed by atoms with van der Waals surface area (Å²) in [4.78, 5) is 0. The summed E-state index contributed by atoms with van der Waals surface area (Å²) in [6.07, 6.45) is 4.79. The van der Waals surface area contributed by atoms with E-state index in [-0.39, 0.29) is 5.60 Å². The fourth-order valence-electron chi connectivity index (χ4n) is 2.04. The molecule has 14 heavy (non-hydrogen) atoms. The average Bonchev–Trinajstić information content (AvgIpc) is 2.15. The first-order chi connectivity index (χ1) is 6.47. The number of hydrogen-bond donors (Lipinski definition) is 1. The highest BCUT2D eigenvalue weighted by molar-refractivity contribution is 4.87. The predicted molar refractivity (Wildman–Crippen MR) is 60.5 cm³/mol. The molecule has 1 N–H and O–H groups in total. The monoisotopic (exact) mass is 199 g/mol. The topological polar surface area (TPSA) is 21.3 Å². The maximum atomic E-state index is 5.73. The van der Waals surface area contributed by atoms with Gasteiger partial charge in [-0.2, -0.15) is 0 Å². The summed E-state index contributed by atoms with van der Waals surface area (Å²) in [5, 5.41) is 3.39. The van der Waals surface area contributed by atoms with Gasteiger partial charge >= 0.3 is 0 Å². The summed E-state index contributed by atoms with van der Waals surface area (Å²) >= 11 is 0. The molecule has 0 radical (unpaired) electrons. The van der Waals surface area contributed by atoms with Crippen LogP contribution in [-0.4, -0.2) is 25.8 Å². The lowest BCUT2D eigenvalue weighted by Crippen LogP contribution is -2.43. The molecule has 1 rings (SSSR count). The smallest absolute Gasteiger partial charge is 0.0703 e. The minimum atomic E-state index is 0.165. The molecular formula is C12H25NO. The standard InChI is InChI=1S/C12H25NO/c1-11(2,3)5-6-12(14-4)7-9-13-10-8-12/h13H,5-10H2,1-4H3. The normalized spacial score (nSPS) is 22.3. The van der Waals surface area contributed by atoms with Gasteiger partial charge in [-0.3, -0.25) is 0 Å². The van der Waals surface area contributed by atoms with Crippen molar-refractivity contribution in [1.29, 1.82) is 0 Å². The Morgan fingerprint density at radius 2 is 1.79 bits per heavy atom. The van der Waals surface area contributed by atoms with Gasteiger partial charge in [0.1, 0.15) is 0 Å². The van der Waals surface area contributed by atoms with Gasteiger partial charge < -0.3 is 10.1 Å². The molecule has 2 heteroatoms. The zero-order chi connectivity index (χ0) is 10.7. The van der Waals surface area contributed by atoms with Crippen LogP contribution in [0.15, 0.2) is 0 Å². The average molecular weight is 199 g/mol. The van der Waals surface area contributed by atoms with Crippen LogP contribution < -0.4 is 5.32 Å². The number of hydrogen-bond acceptors (Lipinski definition) is 2. The molecule has 0 aromatic carbocycles. The van der Waals surface area contributed by atoms with Crippen molar-refractivity contribution < 1.29 is 4.74 Å². The Bertz CT molecular complexity index is 166. The van der Waals surface area contributed by atoms with Gasteiger partial charge in [0, 0.05) is 7.11 Å². The van der Waals surface area contributed by atoms with E-state index in [2.05, 4.69) is 26.1 Å². The minimum absolute atomic E-state index is 0.165. The summed E-state index contributed by atoms with van der Waals surface area (Å²) < 4.78 is 5.73. The van der Waals surface area contributed by atoms with Crippen LogP contribution >= 0.6 is 0 Å². The molecular weight excluding hydrogens is 174 g/mol. The van der Waals surface area contributed by atoms with Crippen molar-refractivity contribution in [2.45, 2.75) is 52.1 Å². The van der Waals surface area contributed by atoms with Crippen molar-refractivity contribution in [2.24, 2.45) is 5.41 Å². The second-order valence-corrected chi connectivity index (χ2v) is 5.70. The first-order valence-electron chi connectivity index (χ1n) is 5.73. The van der Waals surface area contributed by atoms with E-state index >= 15 is 0 Å². The number of methoxy groups -OCH3 is 1. The number of nitrogens with one attached hydrogen (secondary N) is 1. The molecule has 1 heterocycles. The highest BCUT2D eigenvalue weighted by atomic mass is 16.5. The highest BCUT2D eigenvalue weighted by Gasteiger charge is 2.32. The third-order valence-corrected chi connectivity index (χ3v) is 3.28. The van der Waals surface area contributed by atoms with Crippen molar-refractivity contribution >= 4 is 0 Å². The molecule has 84 valence electrons. The van der Waals surface area contributed by atoms with Crippen LogP contribution in [0.1, 0.15) is 46.5 Å². The fraction of sp³-hybridized carbons (Fsp3) is 1.00. The number of piperidine rings is 1. The number of rotatable bonds is 3. The van der Waals surface area contributed by atoms with E-state index in [0.29, 0.717) is 5.41 Å². The van der Waals surface area contributed by atoms with Gasteiger partial charge in [-0.25, -0.2) is 0 Å². The van der Waals surface area contributed by atoms with Crippen LogP contribution in [0.5, 0.6) is 0 Å². The second kappa shape index (κ2) is 4.63. The molecule has 2 nitrogen and oxygen atoms in total. The molecule has 0 bridgehead atoms. The van der Waals surface area contributed by atoms with E-state index in [9.17, 15) is 0 Å². The fourth-order valence-corrected chi connectivity index (χ4v) is 2.04. The Hall–Kier alpha value is -0.0800. The zero-order valence-electron chi connectivity index (χ0n) is 10.2. The zero-order valence-corrected chi connectivity index (χ0v) is 10.2. The van der Waals surface area contributed by atoms with Gasteiger partial charge in [-0.1, -0.05) is 20.8 Å². The second-order valence-electron chi connectivity index (χ2n) is 5.70. The van der Waals surface area contributed by atoms with Crippen molar-refractivity contribution in [3.8, 4) is 0 Å². The quantitative estimate of drug-likeness (QED) is 0.754. The van der Waals surface area contributed by atoms with Gasteiger partial charge in [0.25, 0.3) is 0 Å². The third kappa shape index (κ3) is 3.58. The maximum absolute atomic E-state index is 5.73. The summed E-state index contributed by atoms with van der Waals surface area (Å²) in [5.74, 6) is 0. The molecule has 1 aliphatic rings. The van der Waals surface area contributed by atoms with Crippen molar-refractivity contribution in [3.63, 3.8) is 0 Å². The Morgan fingerprint density at radius 3 is 2.21 bits per heavy atom. The SMILES string of the molecule is COC1(CCC(C)(C)C)CCNCC1. The molecule has 0 atom stereocenters. The van der Waals surface area contributed by atoms with Crippen LogP contribution in [0.3, 0.4) is 0 Å². The summed E-state index contributed by atoms with van der Waals surface area (Å²) in [6, 6.07) is 0. The summed E-state index contributed by atoms with van der Waals surface area (Å²) in [7, 11) is 1.87. The molecule has 0 amide bonds. The Kier molecular flexibility index (Phi) is 3.96. The van der Waals surface area contributed by atoms with Crippen LogP contribution in [0.25, 0.3) is 0 Å². The lowest BCUT2D eigenvalue weighted by molar-refractivity contribution is -0.0468. The lowest BCUT2D eigenvalue weighted by Gasteiger charge is -2.38. The van der Waals surface area contributed by atoms with Crippen molar-refractivity contribution in [2.75, 3.05) is 20.2 Å². The number of ether oxygens (including phenoxy) is 1. The first-order valence-corrected chi connectivity index (χ1v) is 5.73. The van der Waals surface area contributed by atoms with Gasteiger partial charge in [0.2, 0.25) is 0 Å². The van der Waals surface area contributed by atoms with Crippen LogP contribution in [0, 0.1) is 5.41 Å². The molecule has 1 saturated heterocycles. The van der Waals surface area contributed by atoms with Gasteiger partial charge in [-0.15, -0.1) is 0 Å². The Balaban J connectivity index is 2.44. The van der Waals surface area contributed by atoms with Crippen molar-refractivity contribution in [1.82, 2.24) is 5.32 Å².